The van der Waals surface area contributed by atoms with E-state index >= 15 is 0 Å². The summed E-state index contributed by atoms with van der Waals surface area (Å²) in [6, 6.07) is 3.69. The average Bonchev–Trinajstić information content (AvgIpc) is 2.15. The van der Waals surface area contributed by atoms with Crippen LogP contribution >= 0.6 is 0 Å². The first-order valence-corrected chi connectivity index (χ1v) is 6.24. The molecule has 0 aromatic heterocycles. The topological polar surface area (TPSA) is 115 Å². The number of benzene rings is 1. The van der Waals surface area contributed by atoms with Crippen molar-refractivity contribution in [3.8, 4) is 0 Å². The predicted octanol–water partition coefficient (Wildman–Crippen LogP) is -0.0478. The van der Waals surface area contributed by atoms with E-state index in [9.17, 15) is 18.0 Å². The number of aryl methyl sites for hydroxylation is 1. The van der Waals surface area contributed by atoms with E-state index in [0.29, 0.717) is 5.56 Å². The first kappa shape index (κ1) is 13.2. The van der Waals surface area contributed by atoms with Gasteiger partial charge in [0.15, 0.2) is 9.84 Å². The van der Waals surface area contributed by atoms with Gasteiger partial charge >= 0.3 is 5.97 Å². The molecule has 6 nitrogen and oxygen atoms in total. The van der Waals surface area contributed by atoms with Crippen LogP contribution in [0.1, 0.15) is 15.9 Å². The number of hydrogen-bond donors (Lipinski definition) is 2. The number of hydrogen-bond acceptors (Lipinski definition) is 4. The second kappa shape index (κ2) is 4.54. The number of carboxylic acid groups (broad SMARTS) is 1. The standard InChI is InChI=1S/C10H11NO5S/c1-6-2-3-7(10(13)14)4-8(6)17(15,16)5-9(11)12/h2-4H,5H2,1H3,(H2,11,12)(H,13,14). The molecule has 17 heavy (non-hydrogen) atoms. The molecular formula is C10H11NO5S. The monoisotopic (exact) mass is 257 g/mol. The zero-order chi connectivity index (χ0) is 13.2. The van der Waals surface area contributed by atoms with Crippen LogP contribution in [0.25, 0.3) is 0 Å². The van der Waals surface area contributed by atoms with Crippen molar-refractivity contribution in [2.75, 3.05) is 5.75 Å². The lowest BCUT2D eigenvalue weighted by Gasteiger charge is -2.07. The van der Waals surface area contributed by atoms with Crippen LogP contribution in [-0.4, -0.2) is 31.2 Å². The fourth-order valence-corrected chi connectivity index (χ4v) is 2.73. The van der Waals surface area contributed by atoms with E-state index in [4.69, 9.17) is 10.8 Å². The molecule has 0 saturated heterocycles. The molecule has 0 saturated carbocycles. The molecule has 0 unspecified atom stereocenters. The molecule has 1 rings (SSSR count). The molecule has 0 bridgehead atoms. The molecule has 0 spiro atoms. The molecule has 1 amide bonds. The van der Waals surface area contributed by atoms with Crippen LogP contribution in [-0.2, 0) is 14.6 Å². The Bertz CT molecular complexity index is 576. The van der Waals surface area contributed by atoms with E-state index in [0.717, 1.165) is 6.07 Å². The van der Waals surface area contributed by atoms with Gasteiger partial charge in [-0.2, -0.15) is 0 Å². The average molecular weight is 257 g/mol. The Morgan fingerprint density at radius 2 is 1.94 bits per heavy atom. The number of amides is 1. The second-order valence-electron chi connectivity index (χ2n) is 3.51. The number of nitrogens with two attached hydrogens (primary N) is 1. The Balaban J connectivity index is 3.35. The Kier molecular flexibility index (Phi) is 3.52. The summed E-state index contributed by atoms with van der Waals surface area (Å²) in [5, 5.41) is 8.76. The van der Waals surface area contributed by atoms with E-state index in [2.05, 4.69) is 0 Å². The Morgan fingerprint density at radius 1 is 1.35 bits per heavy atom. The smallest absolute Gasteiger partial charge is 0.335 e. The number of primary amides is 1. The molecular weight excluding hydrogens is 246 g/mol. The summed E-state index contributed by atoms with van der Waals surface area (Å²) in [6.07, 6.45) is 0. The van der Waals surface area contributed by atoms with Crippen LogP contribution in [0.3, 0.4) is 0 Å². The van der Waals surface area contributed by atoms with Crippen molar-refractivity contribution in [1.82, 2.24) is 0 Å². The predicted molar refractivity (Wildman–Crippen MR) is 59.4 cm³/mol. The van der Waals surface area contributed by atoms with Crippen molar-refractivity contribution in [2.24, 2.45) is 5.73 Å². The fourth-order valence-electron chi connectivity index (χ4n) is 1.33. The molecule has 7 heteroatoms. The third-order valence-electron chi connectivity index (χ3n) is 2.10. The minimum Gasteiger partial charge on any atom is -0.478 e. The van der Waals surface area contributed by atoms with Crippen LogP contribution in [0, 0.1) is 6.92 Å². The van der Waals surface area contributed by atoms with Crippen molar-refractivity contribution >= 4 is 21.7 Å². The van der Waals surface area contributed by atoms with E-state index in [-0.39, 0.29) is 10.5 Å². The summed E-state index contributed by atoms with van der Waals surface area (Å²) in [4.78, 5) is 21.2. The van der Waals surface area contributed by atoms with Crippen molar-refractivity contribution in [3.05, 3.63) is 29.3 Å². The van der Waals surface area contributed by atoms with Crippen LogP contribution in [0.5, 0.6) is 0 Å². The lowest BCUT2D eigenvalue weighted by Crippen LogP contribution is -2.23. The molecule has 1 aromatic rings. The number of carboxylic acids is 1. The Hall–Kier alpha value is -1.89. The minimum atomic E-state index is -3.88. The third kappa shape index (κ3) is 3.04. The molecule has 0 atom stereocenters. The molecule has 0 radical (unpaired) electrons. The van der Waals surface area contributed by atoms with E-state index < -0.39 is 27.5 Å². The van der Waals surface area contributed by atoms with Gasteiger partial charge in [-0.15, -0.1) is 0 Å². The van der Waals surface area contributed by atoms with Crippen molar-refractivity contribution in [2.45, 2.75) is 11.8 Å². The van der Waals surface area contributed by atoms with Crippen molar-refractivity contribution < 1.29 is 23.1 Å². The first-order chi connectivity index (χ1) is 7.74. The Labute approximate surface area is 98.0 Å². The summed E-state index contributed by atoms with van der Waals surface area (Å²) in [5.41, 5.74) is 5.05. The van der Waals surface area contributed by atoms with Crippen molar-refractivity contribution in [1.29, 1.82) is 0 Å². The highest BCUT2D eigenvalue weighted by Gasteiger charge is 2.21. The lowest BCUT2D eigenvalue weighted by atomic mass is 10.1. The van der Waals surface area contributed by atoms with Gasteiger partial charge < -0.3 is 10.8 Å². The van der Waals surface area contributed by atoms with Gasteiger partial charge in [-0.05, 0) is 24.6 Å². The van der Waals surface area contributed by atoms with Gasteiger partial charge in [0.2, 0.25) is 5.91 Å². The molecule has 0 fully saturated rings. The van der Waals surface area contributed by atoms with Gasteiger partial charge in [0.1, 0.15) is 5.75 Å². The zero-order valence-corrected chi connectivity index (χ0v) is 9.82. The maximum Gasteiger partial charge on any atom is 0.335 e. The van der Waals surface area contributed by atoms with Crippen LogP contribution in [0.15, 0.2) is 23.1 Å². The SMILES string of the molecule is Cc1ccc(C(=O)O)cc1S(=O)(=O)CC(N)=O. The first-order valence-electron chi connectivity index (χ1n) is 4.59. The fraction of sp³-hybridized carbons (Fsp3) is 0.200. The van der Waals surface area contributed by atoms with Crippen LogP contribution < -0.4 is 5.73 Å². The molecule has 0 aliphatic carbocycles. The number of carbonyl (C=O) groups is 2. The van der Waals surface area contributed by atoms with Gasteiger partial charge in [-0.1, -0.05) is 6.07 Å². The minimum absolute atomic E-state index is 0.154. The van der Waals surface area contributed by atoms with Gasteiger partial charge in [0.25, 0.3) is 0 Å². The number of sulfone groups is 1. The molecule has 3 N–H and O–H groups in total. The van der Waals surface area contributed by atoms with Gasteiger partial charge in [-0.25, -0.2) is 13.2 Å². The summed E-state index contributed by atoms with van der Waals surface area (Å²) >= 11 is 0. The van der Waals surface area contributed by atoms with Gasteiger partial charge in [0, 0.05) is 0 Å². The molecule has 0 aliphatic rings. The molecule has 0 aliphatic heterocycles. The van der Waals surface area contributed by atoms with E-state index in [1.165, 1.54) is 19.1 Å². The molecule has 1 aromatic carbocycles. The Morgan fingerprint density at radius 3 is 2.41 bits per heavy atom. The normalized spacial score (nSPS) is 11.1. The summed E-state index contributed by atoms with van der Waals surface area (Å²) in [6.45, 7) is 1.51. The number of carbonyl (C=O) groups excluding carboxylic acids is 1. The largest absolute Gasteiger partial charge is 0.478 e. The van der Waals surface area contributed by atoms with Crippen LogP contribution in [0.2, 0.25) is 0 Å². The summed E-state index contributed by atoms with van der Waals surface area (Å²) in [7, 11) is -3.88. The van der Waals surface area contributed by atoms with Gasteiger partial charge in [0.05, 0.1) is 10.5 Å². The van der Waals surface area contributed by atoms with Crippen LogP contribution in [0.4, 0.5) is 0 Å². The van der Waals surface area contributed by atoms with E-state index in [1.807, 2.05) is 0 Å². The lowest BCUT2D eigenvalue weighted by molar-refractivity contribution is -0.115. The van der Waals surface area contributed by atoms with E-state index in [1.54, 1.807) is 0 Å². The summed E-state index contributed by atoms with van der Waals surface area (Å²) in [5.74, 6) is -3.05. The number of aromatic carboxylic acids is 1. The maximum atomic E-state index is 11.7. The quantitative estimate of drug-likeness (QED) is 0.784. The highest BCUT2D eigenvalue weighted by Crippen LogP contribution is 2.18. The summed E-state index contributed by atoms with van der Waals surface area (Å²) < 4.78 is 23.5. The van der Waals surface area contributed by atoms with Crippen molar-refractivity contribution in [3.63, 3.8) is 0 Å². The highest BCUT2D eigenvalue weighted by atomic mass is 32.2. The molecule has 0 heterocycles. The number of rotatable bonds is 4. The second-order valence-corrected chi connectivity index (χ2v) is 5.47. The highest BCUT2D eigenvalue weighted by molar-refractivity contribution is 7.92. The maximum absolute atomic E-state index is 11.7. The van der Waals surface area contributed by atoms with Gasteiger partial charge in [-0.3, -0.25) is 4.79 Å². The zero-order valence-electron chi connectivity index (χ0n) is 9.00. The third-order valence-corrected chi connectivity index (χ3v) is 3.88. The molecule has 92 valence electrons.